The number of sulfonamides is 1. The highest BCUT2D eigenvalue weighted by Crippen LogP contribution is 2.44. The first kappa shape index (κ1) is 12.5. The molecule has 0 heterocycles. The molecule has 4 nitrogen and oxygen atoms in total. The van der Waals surface area contributed by atoms with E-state index in [1.807, 2.05) is 0 Å². The molecule has 1 N–H and O–H groups in total. The third-order valence-electron chi connectivity index (χ3n) is 5.10. The molecular formula is C13H21NO3S. The fourth-order valence-corrected chi connectivity index (χ4v) is 5.57. The Morgan fingerprint density at radius 2 is 1.67 bits per heavy atom. The summed E-state index contributed by atoms with van der Waals surface area (Å²) in [6, 6.07) is 0. The van der Waals surface area contributed by atoms with Gasteiger partial charge in [-0.1, -0.05) is 19.3 Å². The Morgan fingerprint density at radius 3 is 2.11 bits per heavy atom. The van der Waals surface area contributed by atoms with Gasteiger partial charge in [-0.25, -0.2) is 8.42 Å². The van der Waals surface area contributed by atoms with Crippen molar-refractivity contribution in [2.24, 2.45) is 17.8 Å². The van der Waals surface area contributed by atoms with Crippen molar-refractivity contribution in [1.82, 2.24) is 4.72 Å². The van der Waals surface area contributed by atoms with E-state index < -0.39 is 10.0 Å². The molecule has 0 aromatic carbocycles. The van der Waals surface area contributed by atoms with Crippen molar-refractivity contribution in [2.45, 2.75) is 56.6 Å². The fraction of sp³-hybridized carbons (Fsp3) is 0.923. The lowest BCUT2D eigenvalue weighted by Gasteiger charge is -2.41. The minimum absolute atomic E-state index is 0.0550. The lowest BCUT2D eigenvalue weighted by atomic mass is 9.70. The van der Waals surface area contributed by atoms with Crippen molar-refractivity contribution in [2.75, 3.05) is 0 Å². The molecule has 1 unspecified atom stereocenters. The van der Waals surface area contributed by atoms with Gasteiger partial charge in [-0.3, -0.25) is 9.52 Å². The Bertz CT molecular complexity index is 433. The van der Waals surface area contributed by atoms with Crippen molar-refractivity contribution in [3.63, 3.8) is 0 Å². The number of amides is 1. The van der Waals surface area contributed by atoms with Gasteiger partial charge in [0.2, 0.25) is 15.9 Å². The summed E-state index contributed by atoms with van der Waals surface area (Å²) in [4.78, 5) is 11.8. The summed E-state index contributed by atoms with van der Waals surface area (Å²) in [5.41, 5.74) is 0. The third kappa shape index (κ3) is 2.17. The zero-order valence-corrected chi connectivity index (χ0v) is 11.4. The number of fused-ring (bicyclic) bond motifs is 3. The molecule has 0 aliphatic heterocycles. The quantitative estimate of drug-likeness (QED) is 0.851. The highest BCUT2D eigenvalue weighted by Gasteiger charge is 2.43. The topological polar surface area (TPSA) is 63.2 Å². The molecule has 18 heavy (non-hydrogen) atoms. The van der Waals surface area contributed by atoms with E-state index in [2.05, 4.69) is 4.72 Å². The number of hydrogen-bond donors (Lipinski definition) is 1. The summed E-state index contributed by atoms with van der Waals surface area (Å²) < 4.78 is 26.9. The second kappa shape index (κ2) is 4.51. The van der Waals surface area contributed by atoms with E-state index in [0.29, 0.717) is 5.92 Å². The molecule has 5 heteroatoms. The fourth-order valence-electron chi connectivity index (χ4n) is 3.67. The van der Waals surface area contributed by atoms with Gasteiger partial charge >= 0.3 is 0 Å². The number of hydrogen-bond acceptors (Lipinski definition) is 3. The Hall–Kier alpha value is -0.580. The first-order valence-electron chi connectivity index (χ1n) is 7.12. The second-order valence-electron chi connectivity index (χ2n) is 6.19. The highest BCUT2D eigenvalue weighted by atomic mass is 32.2. The Kier molecular flexibility index (Phi) is 3.12. The SMILES string of the molecule is O=C(NS(=O)(=O)C1CC2CCC1CC2)C1CCC1. The molecule has 1 amide bonds. The summed E-state index contributed by atoms with van der Waals surface area (Å²) in [5.74, 6) is 0.528. The van der Waals surface area contributed by atoms with Crippen LogP contribution in [0.4, 0.5) is 0 Å². The van der Waals surface area contributed by atoms with E-state index in [1.165, 1.54) is 12.8 Å². The molecule has 102 valence electrons. The van der Waals surface area contributed by atoms with Gasteiger partial charge in [-0.2, -0.15) is 0 Å². The maximum atomic E-state index is 12.3. The van der Waals surface area contributed by atoms with E-state index in [1.54, 1.807) is 0 Å². The average Bonchev–Trinajstić information content (AvgIpc) is 2.27. The van der Waals surface area contributed by atoms with E-state index >= 15 is 0 Å². The van der Waals surface area contributed by atoms with Crippen LogP contribution < -0.4 is 4.72 Å². The molecule has 0 radical (unpaired) electrons. The normalized spacial score (nSPS) is 36.1. The van der Waals surface area contributed by atoms with Gasteiger partial charge in [0.25, 0.3) is 0 Å². The lowest BCUT2D eigenvalue weighted by molar-refractivity contribution is -0.125. The van der Waals surface area contributed by atoms with Crippen LogP contribution in [0.15, 0.2) is 0 Å². The Labute approximate surface area is 109 Å². The minimum atomic E-state index is -3.43. The maximum Gasteiger partial charge on any atom is 0.238 e. The van der Waals surface area contributed by atoms with Crippen LogP contribution in [0.1, 0.15) is 51.4 Å². The minimum Gasteiger partial charge on any atom is -0.274 e. The van der Waals surface area contributed by atoms with E-state index in [9.17, 15) is 13.2 Å². The zero-order chi connectivity index (χ0) is 12.8. The molecule has 0 spiro atoms. The van der Waals surface area contributed by atoms with Crippen LogP contribution >= 0.6 is 0 Å². The predicted octanol–water partition coefficient (Wildman–Crippen LogP) is 1.81. The van der Waals surface area contributed by atoms with Gasteiger partial charge < -0.3 is 0 Å². The van der Waals surface area contributed by atoms with Crippen LogP contribution in [0.5, 0.6) is 0 Å². The number of nitrogens with one attached hydrogen (secondary N) is 1. The average molecular weight is 271 g/mol. The molecule has 4 aliphatic carbocycles. The molecule has 0 aromatic heterocycles. The molecule has 4 rings (SSSR count). The first-order chi connectivity index (χ1) is 8.56. The maximum absolute atomic E-state index is 12.3. The van der Waals surface area contributed by atoms with Crippen molar-refractivity contribution < 1.29 is 13.2 Å². The first-order valence-corrected chi connectivity index (χ1v) is 8.66. The van der Waals surface area contributed by atoms with Gasteiger partial charge in [0.05, 0.1) is 5.25 Å². The van der Waals surface area contributed by atoms with Crippen LogP contribution in [0.25, 0.3) is 0 Å². The van der Waals surface area contributed by atoms with E-state index in [-0.39, 0.29) is 23.0 Å². The van der Waals surface area contributed by atoms with Gasteiger partial charge in [-0.05, 0) is 43.9 Å². The largest absolute Gasteiger partial charge is 0.274 e. The number of carbonyl (C=O) groups excluding carboxylic acids is 1. The van der Waals surface area contributed by atoms with Gasteiger partial charge in [-0.15, -0.1) is 0 Å². The number of carbonyl (C=O) groups is 1. The Morgan fingerprint density at radius 1 is 1.00 bits per heavy atom. The molecule has 0 aromatic rings. The van der Waals surface area contributed by atoms with Crippen molar-refractivity contribution >= 4 is 15.9 Å². The standard InChI is InChI=1S/C13H21NO3S/c15-13(11-2-1-3-11)14-18(16,17)12-8-9-4-6-10(12)7-5-9/h9-12H,1-8H2,(H,14,15). The summed E-state index contributed by atoms with van der Waals surface area (Å²) in [7, 11) is -3.43. The number of rotatable bonds is 3. The molecule has 4 fully saturated rings. The summed E-state index contributed by atoms with van der Waals surface area (Å²) in [6.45, 7) is 0. The van der Waals surface area contributed by atoms with Crippen LogP contribution in [-0.4, -0.2) is 19.6 Å². The lowest BCUT2D eigenvalue weighted by Crippen LogP contribution is -2.49. The molecular weight excluding hydrogens is 250 g/mol. The van der Waals surface area contributed by atoms with Crippen molar-refractivity contribution in [1.29, 1.82) is 0 Å². The van der Waals surface area contributed by atoms with Crippen LogP contribution in [0.3, 0.4) is 0 Å². The van der Waals surface area contributed by atoms with E-state index in [4.69, 9.17) is 0 Å². The van der Waals surface area contributed by atoms with Gasteiger partial charge in [0.1, 0.15) is 0 Å². The van der Waals surface area contributed by atoms with Crippen LogP contribution in [0, 0.1) is 17.8 Å². The van der Waals surface area contributed by atoms with Gasteiger partial charge in [0.15, 0.2) is 0 Å². The van der Waals surface area contributed by atoms with Crippen molar-refractivity contribution in [3.05, 3.63) is 0 Å². The van der Waals surface area contributed by atoms with Crippen LogP contribution in [0.2, 0.25) is 0 Å². The molecule has 4 aliphatic rings. The second-order valence-corrected chi connectivity index (χ2v) is 8.09. The summed E-state index contributed by atoms with van der Waals surface area (Å²) in [5, 5.41) is -0.311. The van der Waals surface area contributed by atoms with Crippen LogP contribution in [-0.2, 0) is 14.8 Å². The summed E-state index contributed by atoms with van der Waals surface area (Å²) in [6.07, 6.45) is 7.89. The van der Waals surface area contributed by atoms with Gasteiger partial charge in [0, 0.05) is 5.92 Å². The highest BCUT2D eigenvalue weighted by molar-refractivity contribution is 7.90. The molecule has 2 bridgehead atoms. The van der Waals surface area contributed by atoms with E-state index in [0.717, 1.165) is 38.5 Å². The third-order valence-corrected chi connectivity index (χ3v) is 6.96. The summed E-state index contributed by atoms with van der Waals surface area (Å²) >= 11 is 0. The monoisotopic (exact) mass is 271 g/mol. The smallest absolute Gasteiger partial charge is 0.238 e. The molecule has 1 atom stereocenters. The molecule has 4 saturated carbocycles. The van der Waals surface area contributed by atoms with Crippen molar-refractivity contribution in [3.8, 4) is 0 Å². The zero-order valence-electron chi connectivity index (χ0n) is 10.6. The molecule has 0 saturated heterocycles. The predicted molar refractivity (Wildman–Crippen MR) is 68.3 cm³/mol. The Balaban J connectivity index is 1.68.